The fraction of sp³-hybridized carbons (Fsp3) is 0.600. The molecule has 1 N–H and O–H groups in total. The van der Waals surface area contributed by atoms with E-state index in [4.69, 9.17) is 9.63 Å². The minimum atomic E-state index is -2.63. The summed E-state index contributed by atoms with van der Waals surface area (Å²) in [6.07, 6.45) is -2.63. The van der Waals surface area contributed by atoms with Crippen LogP contribution in [-0.4, -0.2) is 53.3 Å². The second-order valence-electron chi connectivity index (χ2n) is 3.72. The number of hydrogen-bond donors (Lipinski definition) is 1. The third-order valence-electron chi connectivity index (χ3n) is 2.16. The van der Waals surface area contributed by atoms with Crippen molar-refractivity contribution in [2.45, 2.75) is 13.3 Å². The van der Waals surface area contributed by atoms with Crippen LogP contribution in [0.25, 0.3) is 0 Å². The predicted molar refractivity (Wildman–Crippen MR) is 57.9 cm³/mol. The van der Waals surface area contributed by atoms with Crippen molar-refractivity contribution in [3.63, 3.8) is 0 Å². The molecule has 6 nitrogen and oxygen atoms in total. The van der Waals surface area contributed by atoms with Gasteiger partial charge in [-0.3, -0.25) is 14.5 Å². The highest BCUT2D eigenvalue weighted by atomic mass is 19.3. The number of alkyl halides is 2. The van der Waals surface area contributed by atoms with Crippen LogP contribution in [-0.2, 0) is 0 Å². The Labute approximate surface area is 101 Å². The highest BCUT2D eigenvalue weighted by Crippen LogP contribution is 2.00. The summed E-state index contributed by atoms with van der Waals surface area (Å²) in [5, 5.41) is 8.70. The van der Waals surface area contributed by atoms with Gasteiger partial charge >= 0.3 is 0 Å². The van der Waals surface area contributed by atoms with E-state index in [-0.39, 0.29) is 18.9 Å². The number of carbonyl (C=O) groups is 1. The van der Waals surface area contributed by atoms with Crippen LogP contribution in [0.4, 0.5) is 8.78 Å². The molecule has 0 fully saturated rings. The maximum absolute atomic E-state index is 12.2. The number of carbonyl (C=O) groups excluding carboxylic acids is 1. The third kappa shape index (κ3) is 4.04. The lowest BCUT2D eigenvalue weighted by molar-refractivity contribution is 0.0556. The van der Waals surface area contributed by atoms with Gasteiger partial charge in [-0.25, -0.2) is 8.78 Å². The van der Waals surface area contributed by atoms with Crippen LogP contribution in [0.3, 0.4) is 0 Å². The second-order valence-corrected chi connectivity index (χ2v) is 3.72. The largest absolute Gasteiger partial charge is 0.395 e. The second kappa shape index (κ2) is 6.41. The molecule has 1 aromatic rings. The molecule has 8 heteroatoms. The van der Waals surface area contributed by atoms with Gasteiger partial charge in [-0.05, 0) is 6.92 Å². The van der Waals surface area contributed by atoms with Crippen LogP contribution in [0.1, 0.15) is 10.6 Å². The molecule has 0 unspecified atom stereocenters. The highest BCUT2D eigenvalue weighted by molar-refractivity contribution is 5.79. The third-order valence-corrected chi connectivity index (χ3v) is 2.16. The number of hydrogen-bond acceptors (Lipinski definition) is 5. The van der Waals surface area contributed by atoms with Gasteiger partial charge < -0.3 is 9.63 Å². The molecule has 0 aliphatic heterocycles. The summed E-state index contributed by atoms with van der Waals surface area (Å²) < 4.78 is 29.8. The van der Waals surface area contributed by atoms with E-state index in [1.165, 1.54) is 6.92 Å². The van der Waals surface area contributed by atoms with Crippen LogP contribution in [0.15, 0.2) is 15.4 Å². The van der Waals surface area contributed by atoms with Crippen molar-refractivity contribution in [2.75, 3.05) is 26.2 Å². The van der Waals surface area contributed by atoms with Crippen molar-refractivity contribution in [1.82, 2.24) is 9.64 Å². The molecule has 18 heavy (non-hydrogen) atoms. The zero-order valence-electron chi connectivity index (χ0n) is 9.81. The van der Waals surface area contributed by atoms with Crippen molar-refractivity contribution >= 4 is 5.91 Å². The van der Waals surface area contributed by atoms with Crippen LogP contribution >= 0.6 is 0 Å². The average molecular weight is 264 g/mol. The molecule has 0 bridgehead atoms. The normalized spacial score (nSPS) is 11.4. The van der Waals surface area contributed by atoms with Gasteiger partial charge in [0, 0.05) is 12.6 Å². The molecule has 0 radical (unpaired) electrons. The summed E-state index contributed by atoms with van der Waals surface area (Å²) >= 11 is 0. The van der Waals surface area contributed by atoms with E-state index in [2.05, 4.69) is 0 Å². The van der Waals surface area contributed by atoms with E-state index in [1.54, 1.807) is 0 Å². The zero-order valence-corrected chi connectivity index (χ0v) is 9.81. The Morgan fingerprint density at radius 3 is 2.72 bits per heavy atom. The number of rotatable bonds is 6. The van der Waals surface area contributed by atoms with Gasteiger partial charge in [0.25, 0.3) is 17.9 Å². The van der Waals surface area contributed by atoms with Gasteiger partial charge in [-0.15, -0.1) is 4.74 Å². The number of halogens is 2. The van der Waals surface area contributed by atoms with E-state index in [0.29, 0.717) is 4.74 Å². The standard InChI is InChI=1S/C10H14F2N2O4/c1-7-4-9(16)14(18-7)10(17)6-13(2-3-15)5-8(11)12/h4,8,15H,2-3,5-6H2,1H3. The Bertz CT molecular complexity index is 455. The topological polar surface area (TPSA) is 75.7 Å². The summed E-state index contributed by atoms with van der Waals surface area (Å²) in [6.45, 7) is -0.00900. The molecule has 0 aromatic carbocycles. The van der Waals surface area contributed by atoms with Crippen molar-refractivity contribution < 1.29 is 23.2 Å². The molecular formula is C10H14F2N2O4. The maximum atomic E-state index is 12.2. The molecule has 0 saturated heterocycles. The first-order chi connectivity index (χ1) is 8.43. The molecule has 1 heterocycles. The van der Waals surface area contributed by atoms with Gasteiger partial charge in [0.1, 0.15) is 5.76 Å². The van der Waals surface area contributed by atoms with E-state index < -0.39 is 31.0 Å². The van der Waals surface area contributed by atoms with Crippen LogP contribution < -0.4 is 5.56 Å². The fourth-order valence-electron chi connectivity index (χ4n) is 1.45. The zero-order chi connectivity index (χ0) is 13.7. The molecule has 0 saturated carbocycles. The average Bonchev–Trinajstić information content (AvgIpc) is 2.57. The Morgan fingerprint density at radius 1 is 1.61 bits per heavy atom. The van der Waals surface area contributed by atoms with Gasteiger partial charge in [-0.2, -0.15) is 0 Å². The van der Waals surface area contributed by atoms with Crippen molar-refractivity contribution in [2.24, 2.45) is 0 Å². The van der Waals surface area contributed by atoms with E-state index in [9.17, 15) is 18.4 Å². The molecule has 102 valence electrons. The number of nitrogens with zero attached hydrogens (tertiary/aromatic N) is 2. The van der Waals surface area contributed by atoms with Gasteiger partial charge in [0.2, 0.25) is 0 Å². The highest BCUT2D eigenvalue weighted by Gasteiger charge is 2.18. The molecule has 0 atom stereocenters. The molecule has 0 amide bonds. The Morgan fingerprint density at radius 2 is 2.28 bits per heavy atom. The maximum Gasteiger partial charge on any atom is 0.290 e. The molecule has 0 aliphatic rings. The van der Waals surface area contributed by atoms with Gasteiger partial charge in [0.15, 0.2) is 0 Å². The summed E-state index contributed by atoms with van der Waals surface area (Å²) in [5.74, 6) is -0.488. The summed E-state index contributed by atoms with van der Waals surface area (Å²) in [7, 11) is 0. The van der Waals surface area contributed by atoms with E-state index in [1.807, 2.05) is 0 Å². The Hall–Kier alpha value is -1.54. The lowest BCUT2D eigenvalue weighted by atomic mass is 10.4. The summed E-state index contributed by atoms with van der Waals surface area (Å²) in [6, 6.07) is 1.13. The number of aromatic nitrogens is 1. The van der Waals surface area contributed by atoms with Crippen molar-refractivity contribution in [3.05, 3.63) is 22.2 Å². The smallest absolute Gasteiger partial charge is 0.290 e. The monoisotopic (exact) mass is 264 g/mol. The molecular weight excluding hydrogens is 250 g/mol. The molecule has 0 spiro atoms. The van der Waals surface area contributed by atoms with E-state index >= 15 is 0 Å². The lowest BCUT2D eigenvalue weighted by Gasteiger charge is -2.19. The van der Waals surface area contributed by atoms with Crippen molar-refractivity contribution in [1.29, 1.82) is 0 Å². The first-order valence-corrected chi connectivity index (χ1v) is 5.28. The Balaban J connectivity index is 2.71. The van der Waals surface area contributed by atoms with Gasteiger partial charge in [-0.1, -0.05) is 0 Å². The molecule has 1 rings (SSSR count). The van der Waals surface area contributed by atoms with Crippen LogP contribution in [0, 0.1) is 6.92 Å². The fourth-order valence-corrected chi connectivity index (χ4v) is 1.45. The minimum Gasteiger partial charge on any atom is -0.395 e. The van der Waals surface area contributed by atoms with Crippen LogP contribution in [0.2, 0.25) is 0 Å². The minimum absolute atomic E-state index is 0.0788. The Kier molecular flexibility index (Phi) is 5.17. The first-order valence-electron chi connectivity index (χ1n) is 5.28. The molecule has 0 aliphatic carbocycles. The molecule has 1 aromatic heterocycles. The van der Waals surface area contributed by atoms with E-state index in [0.717, 1.165) is 11.0 Å². The predicted octanol–water partition coefficient (Wildman–Crippen LogP) is -0.0507. The SMILES string of the molecule is Cc1cc(=O)n(C(=O)CN(CCO)CC(F)F)o1. The van der Waals surface area contributed by atoms with Crippen LogP contribution in [0.5, 0.6) is 0 Å². The van der Waals surface area contributed by atoms with Gasteiger partial charge in [0.05, 0.1) is 19.7 Å². The lowest BCUT2D eigenvalue weighted by Crippen LogP contribution is -2.39. The number of aryl methyl sites for hydroxylation is 1. The summed E-state index contributed by atoms with van der Waals surface area (Å²) in [5.41, 5.74) is -0.640. The van der Waals surface area contributed by atoms with Crippen molar-refractivity contribution in [3.8, 4) is 0 Å². The quantitative estimate of drug-likeness (QED) is 0.779. The summed E-state index contributed by atoms with van der Waals surface area (Å²) in [4.78, 5) is 24.0. The number of aliphatic hydroxyl groups excluding tert-OH is 1. The number of aliphatic hydroxyl groups is 1. The first kappa shape index (κ1) is 14.5.